The Morgan fingerprint density at radius 1 is 0.957 bits per heavy atom. The van der Waals surface area contributed by atoms with Crippen LogP contribution in [0.5, 0.6) is 0 Å². The summed E-state index contributed by atoms with van der Waals surface area (Å²) in [5, 5.41) is 12.9. The second-order valence-corrected chi connectivity index (χ2v) is 14.8. The number of hydrogen-bond acceptors (Lipinski definition) is 7. The van der Waals surface area contributed by atoms with Gasteiger partial charge < -0.3 is 14.4 Å². The van der Waals surface area contributed by atoms with E-state index in [2.05, 4.69) is 26.0 Å². The van der Waals surface area contributed by atoms with Gasteiger partial charge in [-0.1, -0.05) is 0 Å². The summed E-state index contributed by atoms with van der Waals surface area (Å²) in [6.07, 6.45) is 9.79. The first-order chi connectivity index (χ1) is 22.5. The number of nitrogens with zero attached hydrogens (tertiary/aromatic N) is 6. The van der Waals surface area contributed by atoms with E-state index < -0.39 is 5.60 Å². The van der Waals surface area contributed by atoms with Gasteiger partial charge in [-0.15, -0.1) is 11.8 Å². The minimum absolute atomic E-state index is 0.0565. The number of likely N-dealkylation sites (tertiary alicyclic amines) is 1. The molecule has 1 amide bonds. The second kappa shape index (κ2) is 12.1. The number of amides is 1. The van der Waals surface area contributed by atoms with Crippen molar-refractivity contribution in [2.75, 3.05) is 26.0 Å². The molecule has 1 unspecified atom stereocenters. The predicted octanol–water partition coefficient (Wildman–Crippen LogP) is 8.66. The van der Waals surface area contributed by atoms with Gasteiger partial charge in [0.2, 0.25) is 0 Å². The molecule has 2 saturated heterocycles. The van der Waals surface area contributed by atoms with Crippen molar-refractivity contribution in [1.82, 2.24) is 29.4 Å². The predicted molar refractivity (Wildman–Crippen MR) is 185 cm³/mol. The van der Waals surface area contributed by atoms with Gasteiger partial charge in [-0.05, 0) is 114 Å². The van der Waals surface area contributed by atoms with Crippen LogP contribution in [0.1, 0.15) is 81.8 Å². The molecule has 11 heteroatoms. The van der Waals surface area contributed by atoms with Crippen LogP contribution in [0.2, 0.25) is 0 Å². The number of pyridine rings is 1. The third-order valence-electron chi connectivity index (χ3n) is 9.69. The number of hydrogen-bond donors (Lipinski definition) is 0. The van der Waals surface area contributed by atoms with Gasteiger partial charge in [0.25, 0.3) is 0 Å². The van der Waals surface area contributed by atoms with E-state index in [4.69, 9.17) is 24.7 Å². The first-order valence-electron chi connectivity index (χ1n) is 16.6. The molecule has 2 aromatic carbocycles. The molecule has 5 heterocycles. The Balaban J connectivity index is 1.34. The average molecular weight is 659 g/mol. The van der Waals surface area contributed by atoms with Crippen LogP contribution < -0.4 is 0 Å². The van der Waals surface area contributed by atoms with Gasteiger partial charge in [0.05, 0.1) is 34.9 Å². The highest BCUT2D eigenvalue weighted by Crippen LogP contribution is 2.43. The normalized spacial score (nSPS) is 18.1. The van der Waals surface area contributed by atoms with Gasteiger partial charge in [0.15, 0.2) is 12.0 Å². The van der Waals surface area contributed by atoms with E-state index in [0.29, 0.717) is 24.2 Å². The average Bonchev–Trinajstić information content (AvgIpc) is 3.67. The van der Waals surface area contributed by atoms with Crippen molar-refractivity contribution in [3.63, 3.8) is 0 Å². The van der Waals surface area contributed by atoms with Crippen molar-refractivity contribution >= 4 is 50.6 Å². The van der Waals surface area contributed by atoms with Gasteiger partial charge in [0, 0.05) is 36.0 Å². The molecule has 0 radical (unpaired) electrons. The van der Waals surface area contributed by atoms with Crippen molar-refractivity contribution in [2.45, 2.75) is 96.5 Å². The van der Waals surface area contributed by atoms with Crippen LogP contribution in [0.4, 0.5) is 9.18 Å². The van der Waals surface area contributed by atoms with Crippen LogP contribution in [-0.2, 0) is 9.47 Å². The number of halogens is 1. The van der Waals surface area contributed by atoms with Crippen LogP contribution in [0.25, 0.3) is 43.8 Å². The zero-order chi connectivity index (χ0) is 33.2. The highest BCUT2D eigenvalue weighted by Gasteiger charge is 2.31. The van der Waals surface area contributed by atoms with E-state index in [9.17, 15) is 4.79 Å². The number of fused-ring (bicyclic) bond motifs is 4. The molecule has 0 bridgehead atoms. The lowest BCUT2D eigenvalue weighted by molar-refractivity contribution is -0.0366. The number of thioether (sulfide) groups is 1. The monoisotopic (exact) mass is 658 g/mol. The lowest BCUT2D eigenvalue weighted by atomic mass is 9.89. The van der Waals surface area contributed by atoms with Gasteiger partial charge in [-0.25, -0.2) is 18.9 Å². The number of piperidine rings is 1. The van der Waals surface area contributed by atoms with E-state index in [1.165, 1.54) is 11.8 Å². The number of ether oxygens (including phenoxy) is 2. The Kier molecular flexibility index (Phi) is 8.19. The van der Waals surface area contributed by atoms with Crippen LogP contribution in [0.3, 0.4) is 0 Å². The fraction of sp³-hybridized carbons (Fsp3) is 0.500. The number of aryl methyl sites for hydroxylation is 2. The van der Waals surface area contributed by atoms with Gasteiger partial charge in [0.1, 0.15) is 16.1 Å². The number of aromatic nitrogens is 5. The SMILES string of the molecule is CSc1nc2c(F)c(-c3c(C)c(C)cc4c3cnn4C3CCCCO3)c(C)cc2c2c1cnn2C1CCN(C(=O)OC(C)(C)C)CC1. The first kappa shape index (κ1) is 31.9. The van der Waals surface area contributed by atoms with Crippen LogP contribution in [-0.4, -0.2) is 67.1 Å². The van der Waals surface area contributed by atoms with Gasteiger partial charge in [-0.3, -0.25) is 4.68 Å². The summed E-state index contributed by atoms with van der Waals surface area (Å²) in [5.74, 6) is -0.332. The maximum absolute atomic E-state index is 17.2. The van der Waals surface area contributed by atoms with Gasteiger partial charge >= 0.3 is 6.09 Å². The molecular weight excluding hydrogens is 616 g/mol. The van der Waals surface area contributed by atoms with E-state index in [0.717, 1.165) is 93.2 Å². The maximum Gasteiger partial charge on any atom is 0.410 e. The highest BCUT2D eigenvalue weighted by atomic mass is 32.2. The molecule has 248 valence electrons. The summed E-state index contributed by atoms with van der Waals surface area (Å²) < 4.78 is 32.9. The number of carbonyl (C=O) groups excluding carboxylic acids is 1. The van der Waals surface area contributed by atoms with Crippen molar-refractivity contribution in [3.8, 4) is 11.1 Å². The Hall–Kier alpha value is -3.70. The van der Waals surface area contributed by atoms with Crippen LogP contribution in [0, 0.1) is 26.6 Å². The summed E-state index contributed by atoms with van der Waals surface area (Å²) in [5.41, 5.74) is 5.99. The molecule has 0 aliphatic carbocycles. The first-order valence-corrected chi connectivity index (χ1v) is 17.8. The molecule has 2 fully saturated rings. The van der Waals surface area contributed by atoms with E-state index in [-0.39, 0.29) is 24.2 Å². The lowest BCUT2D eigenvalue weighted by Crippen LogP contribution is -2.42. The third-order valence-corrected chi connectivity index (χ3v) is 10.4. The summed E-state index contributed by atoms with van der Waals surface area (Å²) in [7, 11) is 0. The minimum atomic E-state index is -0.542. The molecular formula is C36H43FN6O3S. The van der Waals surface area contributed by atoms with Crippen molar-refractivity contribution in [3.05, 3.63) is 47.0 Å². The van der Waals surface area contributed by atoms with Crippen molar-refractivity contribution < 1.29 is 18.7 Å². The Bertz CT molecular complexity index is 2020. The topological polar surface area (TPSA) is 87.3 Å². The molecule has 0 saturated carbocycles. The largest absolute Gasteiger partial charge is 0.444 e. The lowest BCUT2D eigenvalue weighted by Gasteiger charge is -2.33. The molecule has 1 atom stereocenters. The highest BCUT2D eigenvalue weighted by molar-refractivity contribution is 7.98. The molecule has 0 spiro atoms. The zero-order valence-electron chi connectivity index (χ0n) is 28.3. The molecule has 3 aromatic heterocycles. The molecule has 9 nitrogen and oxygen atoms in total. The second-order valence-electron chi connectivity index (χ2n) is 14.0. The van der Waals surface area contributed by atoms with Crippen molar-refractivity contribution in [1.29, 1.82) is 0 Å². The van der Waals surface area contributed by atoms with E-state index in [1.807, 2.05) is 55.7 Å². The van der Waals surface area contributed by atoms with E-state index >= 15 is 4.39 Å². The summed E-state index contributed by atoms with van der Waals surface area (Å²) in [4.78, 5) is 19.4. The Morgan fingerprint density at radius 2 is 1.68 bits per heavy atom. The molecule has 5 aromatic rings. The smallest absolute Gasteiger partial charge is 0.410 e. The zero-order valence-corrected chi connectivity index (χ0v) is 29.1. The molecule has 47 heavy (non-hydrogen) atoms. The molecule has 0 N–H and O–H groups in total. The standard InChI is InChI=1S/C36H43FN6O3S/c1-20-17-27-25(18-39-43(27)28-10-8-9-15-45-28)30(22(20)3)29-21(2)16-24-32(31(29)37)40-34(47-7)26-19-38-42(33(24)26)23-11-13-41(14-12-23)35(44)46-36(4,5)6/h16-19,23,28H,8-15H2,1-7H3. The Morgan fingerprint density at radius 3 is 2.36 bits per heavy atom. The molecule has 2 aliphatic rings. The van der Waals surface area contributed by atoms with Crippen LogP contribution in [0.15, 0.2) is 29.6 Å². The molecule has 2 aliphatic heterocycles. The van der Waals surface area contributed by atoms with Gasteiger partial charge in [-0.2, -0.15) is 10.2 Å². The summed E-state index contributed by atoms with van der Waals surface area (Å²) >= 11 is 1.50. The number of carbonyl (C=O) groups is 1. The minimum Gasteiger partial charge on any atom is -0.444 e. The molecule has 7 rings (SSSR count). The Labute approximate surface area is 278 Å². The quantitative estimate of drug-likeness (QED) is 0.179. The third kappa shape index (κ3) is 5.55. The summed E-state index contributed by atoms with van der Waals surface area (Å²) in [6.45, 7) is 13.6. The fourth-order valence-corrected chi connectivity index (χ4v) is 7.81. The fourth-order valence-electron chi connectivity index (χ4n) is 7.25. The maximum atomic E-state index is 17.2. The van der Waals surface area contributed by atoms with Crippen molar-refractivity contribution in [2.24, 2.45) is 0 Å². The van der Waals surface area contributed by atoms with Crippen LogP contribution >= 0.6 is 11.8 Å². The number of rotatable bonds is 4. The van der Waals surface area contributed by atoms with E-state index in [1.54, 1.807) is 4.90 Å². The summed E-state index contributed by atoms with van der Waals surface area (Å²) in [6, 6.07) is 4.28. The number of benzene rings is 2.